The van der Waals surface area contributed by atoms with E-state index in [1.54, 1.807) is 0 Å². The largest absolute Gasteiger partial charge is 0.309 e. The molecule has 52 heavy (non-hydrogen) atoms. The summed E-state index contributed by atoms with van der Waals surface area (Å²) < 4.78 is 4.78. The van der Waals surface area contributed by atoms with E-state index in [4.69, 9.17) is 9.97 Å². The topological polar surface area (TPSA) is 35.6 Å². The van der Waals surface area contributed by atoms with Gasteiger partial charge in [-0.25, -0.2) is 9.97 Å². The smallest absolute Gasteiger partial charge is 0.165 e. The van der Waals surface area contributed by atoms with Gasteiger partial charge in [-0.3, -0.25) is 4.57 Å². The summed E-state index contributed by atoms with van der Waals surface area (Å²) in [7, 11) is 0. The van der Waals surface area contributed by atoms with Crippen LogP contribution >= 0.6 is 0 Å². The lowest BCUT2D eigenvalue weighted by molar-refractivity contribution is 1.08. The van der Waals surface area contributed by atoms with E-state index in [1.807, 2.05) is 18.2 Å². The molecule has 0 spiro atoms. The highest BCUT2D eigenvalue weighted by Crippen LogP contribution is 2.51. The Labute approximate surface area is 298 Å². The lowest BCUT2D eigenvalue weighted by Crippen LogP contribution is -2.03. The van der Waals surface area contributed by atoms with Crippen molar-refractivity contribution in [2.75, 3.05) is 0 Å². The normalized spacial score (nSPS) is 12.2. The maximum Gasteiger partial charge on any atom is 0.165 e. The van der Waals surface area contributed by atoms with Crippen LogP contribution in [-0.4, -0.2) is 19.1 Å². The maximum atomic E-state index is 5.40. The van der Waals surface area contributed by atoms with Crippen LogP contribution in [0.15, 0.2) is 170 Å². The summed E-state index contributed by atoms with van der Waals surface area (Å²) in [6.45, 7) is 0. The molecule has 0 aliphatic heterocycles. The van der Waals surface area contributed by atoms with Crippen LogP contribution in [0.5, 0.6) is 0 Å². The molecule has 4 nitrogen and oxygen atoms in total. The first-order valence-electron chi connectivity index (χ1n) is 17.8. The van der Waals surface area contributed by atoms with Gasteiger partial charge in [0.15, 0.2) is 5.82 Å². The van der Waals surface area contributed by atoms with Gasteiger partial charge < -0.3 is 4.57 Å². The quantitative estimate of drug-likeness (QED) is 0.189. The number of para-hydroxylation sites is 4. The second kappa shape index (κ2) is 10.3. The molecular formula is C48H28N4. The number of aromatic nitrogens is 4. The van der Waals surface area contributed by atoms with Crippen LogP contribution in [-0.2, 0) is 0 Å². The van der Waals surface area contributed by atoms with Gasteiger partial charge in [-0.15, -0.1) is 0 Å². The average Bonchev–Trinajstić information content (AvgIpc) is 3.69. The van der Waals surface area contributed by atoms with Crippen LogP contribution < -0.4 is 0 Å². The summed E-state index contributed by atoms with van der Waals surface area (Å²) in [5.41, 5.74) is 14.4. The minimum atomic E-state index is 0.833. The zero-order valence-corrected chi connectivity index (χ0v) is 28.0. The van der Waals surface area contributed by atoms with E-state index in [0.29, 0.717) is 0 Å². The Hall–Kier alpha value is -7.04. The van der Waals surface area contributed by atoms with Gasteiger partial charge in [-0.05, 0) is 87.6 Å². The Morgan fingerprint density at radius 3 is 1.87 bits per heavy atom. The predicted molar refractivity (Wildman–Crippen MR) is 216 cm³/mol. The number of nitrogens with zero attached hydrogens (tertiary/aromatic N) is 4. The molecule has 0 amide bonds. The van der Waals surface area contributed by atoms with E-state index < -0.39 is 0 Å². The van der Waals surface area contributed by atoms with Gasteiger partial charge in [0.1, 0.15) is 5.69 Å². The predicted octanol–water partition coefficient (Wildman–Crippen LogP) is 12.3. The SMILES string of the molecule is c1ccc(-c2nc3ccccc3nc2-n2c3cccc4c3c3c5c(cccc5ccc32)-c2cc3c5ccccc5n(-c5ccccc5)c3cc2-4)cc1. The Bertz CT molecular complexity index is 3280. The zero-order valence-electron chi connectivity index (χ0n) is 28.0. The number of rotatable bonds is 3. The highest BCUT2D eigenvalue weighted by Gasteiger charge is 2.28. The van der Waals surface area contributed by atoms with Crippen molar-refractivity contribution in [3.8, 4) is 45.0 Å². The molecule has 3 aromatic heterocycles. The third kappa shape index (κ3) is 3.65. The molecule has 4 heteroatoms. The van der Waals surface area contributed by atoms with Gasteiger partial charge in [0, 0.05) is 32.8 Å². The molecule has 0 unspecified atom stereocenters. The fourth-order valence-corrected chi connectivity index (χ4v) is 8.86. The van der Waals surface area contributed by atoms with Crippen molar-refractivity contribution < 1.29 is 0 Å². The molecule has 0 atom stereocenters. The fourth-order valence-electron chi connectivity index (χ4n) is 8.86. The third-order valence-corrected chi connectivity index (χ3v) is 11.0. The molecule has 0 N–H and O–H groups in total. The van der Waals surface area contributed by atoms with Gasteiger partial charge >= 0.3 is 0 Å². The molecule has 8 aromatic carbocycles. The standard InChI is InChI=1S/C48H28N4/c1-3-13-30(14-4-1)47-48(50-39-22-9-8-21-38(39)49-47)52-41-24-12-20-34-36-28-43-37(32-18-7-10-23-40(32)51(43)31-16-5-2-6-17-31)27-35(36)33-19-11-15-29-25-26-42(52)46(44(29)33)45(34)41/h1-28H. The Kier molecular flexibility index (Phi) is 5.47. The lowest BCUT2D eigenvalue weighted by atomic mass is 9.91. The van der Waals surface area contributed by atoms with Crippen LogP contribution in [0.25, 0.3) is 110 Å². The zero-order chi connectivity index (χ0) is 33.9. The monoisotopic (exact) mass is 660 g/mol. The van der Waals surface area contributed by atoms with Crippen molar-refractivity contribution in [2.24, 2.45) is 0 Å². The summed E-state index contributed by atoms with van der Waals surface area (Å²) >= 11 is 0. The maximum absolute atomic E-state index is 5.40. The van der Waals surface area contributed by atoms with Crippen molar-refractivity contribution >= 4 is 65.4 Å². The minimum absolute atomic E-state index is 0.833. The summed E-state index contributed by atoms with van der Waals surface area (Å²) in [5, 5.41) is 7.51. The van der Waals surface area contributed by atoms with Crippen LogP contribution in [0, 0.1) is 0 Å². The van der Waals surface area contributed by atoms with Gasteiger partial charge in [-0.2, -0.15) is 0 Å². The molecule has 12 rings (SSSR count). The molecular weight excluding hydrogens is 633 g/mol. The second-order valence-electron chi connectivity index (χ2n) is 13.8. The van der Waals surface area contributed by atoms with Crippen molar-refractivity contribution in [3.63, 3.8) is 0 Å². The first-order chi connectivity index (χ1) is 25.8. The van der Waals surface area contributed by atoms with Crippen molar-refractivity contribution in [2.45, 2.75) is 0 Å². The summed E-state index contributed by atoms with van der Waals surface area (Å²) in [6, 6.07) is 61.1. The molecule has 3 heterocycles. The number of benzene rings is 8. The first-order valence-corrected chi connectivity index (χ1v) is 17.8. The molecule has 0 radical (unpaired) electrons. The Morgan fingerprint density at radius 2 is 1.02 bits per heavy atom. The van der Waals surface area contributed by atoms with E-state index in [0.717, 1.165) is 44.8 Å². The van der Waals surface area contributed by atoms with Crippen LogP contribution in [0.2, 0.25) is 0 Å². The van der Waals surface area contributed by atoms with Crippen LogP contribution in [0.4, 0.5) is 0 Å². The highest BCUT2D eigenvalue weighted by molar-refractivity contribution is 6.31. The van der Waals surface area contributed by atoms with Crippen molar-refractivity contribution in [1.82, 2.24) is 19.1 Å². The Morgan fingerprint density at radius 1 is 0.365 bits per heavy atom. The minimum Gasteiger partial charge on any atom is -0.309 e. The molecule has 240 valence electrons. The van der Waals surface area contributed by atoms with Crippen LogP contribution in [0.1, 0.15) is 0 Å². The molecule has 0 fully saturated rings. The molecule has 1 aliphatic carbocycles. The summed E-state index contributed by atoms with van der Waals surface area (Å²) in [6.07, 6.45) is 0. The van der Waals surface area contributed by atoms with E-state index in [-0.39, 0.29) is 0 Å². The molecule has 0 saturated heterocycles. The number of hydrogen-bond donors (Lipinski definition) is 0. The molecule has 0 saturated carbocycles. The lowest BCUT2D eigenvalue weighted by Gasteiger charge is -2.16. The fraction of sp³-hybridized carbons (Fsp3) is 0. The third-order valence-electron chi connectivity index (χ3n) is 11.0. The molecule has 0 bridgehead atoms. The van der Waals surface area contributed by atoms with E-state index in [2.05, 4.69) is 161 Å². The van der Waals surface area contributed by atoms with E-state index >= 15 is 0 Å². The second-order valence-corrected chi connectivity index (χ2v) is 13.8. The number of hydrogen-bond acceptors (Lipinski definition) is 2. The van der Waals surface area contributed by atoms with Gasteiger partial charge in [0.2, 0.25) is 0 Å². The average molecular weight is 661 g/mol. The van der Waals surface area contributed by atoms with Crippen molar-refractivity contribution in [1.29, 1.82) is 0 Å². The molecule has 1 aliphatic rings. The highest BCUT2D eigenvalue weighted by atomic mass is 15.1. The van der Waals surface area contributed by atoms with Gasteiger partial charge in [-0.1, -0.05) is 115 Å². The first kappa shape index (κ1) is 27.7. The van der Waals surface area contributed by atoms with E-state index in [1.165, 1.54) is 65.6 Å². The van der Waals surface area contributed by atoms with Crippen molar-refractivity contribution in [3.05, 3.63) is 170 Å². The van der Waals surface area contributed by atoms with Crippen LogP contribution in [0.3, 0.4) is 0 Å². The Balaban J connectivity index is 1.26. The van der Waals surface area contributed by atoms with Gasteiger partial charge in [0.05, 0.1) is 33.1 Å². The van der Waals surface area contributed by atoms with E-state index in [9.17, 15) is 0 Å². The number of fused-ring (bicyclic) bond motifs is 7. The van der Waals surface area contributed by atoms with Gasteiger partial charge in [0.25, 0.3) is 0 Å². The molecule has 11 aromatic rings. The summed E-state index contributed by atoms with van der Waals surface area (Å²) in [4.78, 5) is 10.7. The summed E-state index contributed by atoms with van der Waals surface area (Å²) in [5.74, 6) is 0.833.